The molecule has 3 rings (SSSR count). The lowest BCUT2D eigenvalue weighted by Gasteiger charge is -2.07. The summed E-state index contributed by atoms with van der Waals surface area (Å²) in [5.41, 5.74) is 0.479. The number of rotatable bonds is 5. The first kappa shape index (κ1) is 14.9. The molecule has 120 valence electrons. The number of ether oxygens (including phenoxy) is 2. The number of anilines is 1. The monoisotopic (exact) mass is 316 g/mol. The van der Waals surface area contributed by atoms with E-state index in [1.165, 1.54) is 0 Å². The van der Waals surface area contributed by atoms with E-state index in [1.54, 1.807) is 30.7 Å². The van der Waals surface area contributed by atoms with Crippen molar-refractivity contribution in [3.63, 3.8) is 0 Å². The molecular weight excluding hydrogens is 300 g/mol. The molecule has 2 aromatic rings. The number of imidazole rings is 1. The van der Waals surface area contributed by atoms with Gasteiger partial charge in [-0.15, -0.1) is 0 Å². The second-order valence-corrected chi connectivity index (χ2v) is 4.93. The molecule has 23 heavy (non-hydrogen) atoms. The van der Waals surface area contributed by atoms with Crippen LogP contribution in [0.5, 0.6) is 11.5 Å². The molecule has 0 atom stereocenters. The number of nitrogens with one attached hydrogen (secondary N) is 2. The molecule has 0 bridgehead atoms. The number of amides is 2. The largest absolute Gasteiger partial charge is 0.454 e. The van der Waals surface area contributed by atoms with E-state index in [0.717, 1.165) is 6.54 Å². The van der Waals surface area contributed by atoms with E-state index in [4.69, 9.17) is 9.47 Å². The van der Waals surface area contributed by atoms with E-state index in [9.17, 15) is 9.59 Å². The van der Waals surface area contributed by atoms with Gasteiger partial charge in [0.1, 0.15) is 0 Å². The van der Waals surface area contributed by atoms with E-state index in [0.29, 0.717) is 30.2 Å². The molecule has 2 N–H and O–H groups in total. The van der Waals surface area contributed by atoms with Crippen LogP contribution in [0.4, 0.5) is 5.69 Å². The minimum atomic E-state index is -0.716. The first-order valence-electron chi connectivity index (χ1n) is 7.17. The van der Waals surface area contributed by atoms with Crippen LogP contribution in [0.2, 0.25) is 0 Å². The van der Waals surface area contributed by atoms with Crippen molar-refractivity contribution in [1.82, 2.24) is 14.9 Å². The van der Waals surface area contributed by atoms with E-state index < -0.39 is 11.8 Å². The summed E-state index contributed by atoms with van der Waals surface area (Å²) in [5.74, 6) is -0.227. The number of carbonyl (C=O) groups excluding carboxylic acids is 2. The van der Waals surface area contributed by atoms with Gasteiger partial charge in [-0.1, -0.05) is 0 Å². The van der Waals surface area contributed by atoms with Gasteiger partial charge in [0.15, 0.2) is 11.5 Å². The molecule has 2 heterocycles. The van der Waals surface area contributed by atoms with Crippen molar-refractivity contribution < 1.29 is 19.1 Å². The number of benzene rings is 1. The van der Waals surface area contributed by atoms with Crippen LogP contribution in [0, 0.1) is 0 Å². The third-order valence-electron chi connectivity index (χ3n) is 3.27. The predicted molar refractivity (Wildman–Crippen MR) is 81.0 cm³/mol. The molecule has 0 radical (unpaired) electrons. The van der Waals surface area contributed by atoms with Crippen LogP contribution in [0.1, 0.15) is 6.42 Å². The van der Waals surface area contributed by atoms with E-state index >= 15 is 0 Å². The number of aromatic nitrogens is 2. The van der Waals surface area contributed by atoms with Crippen LogP contribution in [-0.2, 0) is 16.1 Å². The Morgan fingerprint density at radius 3 is 2.91 bits per heavy atom. The third-order valence-corrected chi connectivity index (χ3v) is 3.27. The molecule has 1 aromatic carbocycles. The Bertz CT molecular complexity index is 700. The van der Waals surface area contributed by atoms with Gasteiger partial charge in [-0.25, -0.2) is 4.98 Å². The first-order chi connectivity index (χ1) is 11.2. The van der Waals surface area contributed by atoms with Gasteiger partial charge < -0.3 is 24.7 Å². The Morgan fingerprint density at radius 2 is 2.09 bits per heavy atom. The summed E-state index contributed by atoms with van der Waals surface area (Å²) in [6.45, 7) is 1.29. The van der Waals surface area contributed by atoms with Crippen LogP contribution in [-0.4, -0.2) is 34.7 Å². The lowest BCUT2D eigenvalue weighted by atomic mass is 10.2. The molecule has 8 heteroatoms. The van der Waals surface area contributed by atoms with Gasteiger partial charge in [-0.3, -0.25) is 9.59 Å². The van der Waals surface area contributed by atoms with Crippen molar-refractivity contribution >= 4 is 17.5 Å². The zero-order chi connectivity index (χ0) is 16.1. The highest BCUT2D eigenvalue weighted by molar-refractivity contribution is 6.39. The predicted octanol–water partition coefficient (Wildman–Crippen LogP) is 0.757. The highest BCUT2D eigenvalue weighted by atomic mass is 16.7. The van der Waals surface area contributed by atoms with Crippen LogP contribution < -0.4 is 20.1 Å². The van der Waals surface area contributed by atoms with Crippen molar-refractivity contribution in [2.75, 3.05) is 18.7 Å². The molecule has 0 saturated heterocycles. The fourth-order valence-electron chi connectivity index (χ4n) is 2.12. The molecule has 1 aliphatic rings. The third kappa shape index (κ3) is 3.79. The molecule has 0 unspecified atom stereocenters. The average Bonchev–Trinajstić information content (AvgIpc) is 3.22. The maximum Gasteiger partial charge on any atom is 0.313 e. The summed E-state index contributed by atoms with van der Waals surface area (Å²) in [4.78, 5) is 27.5. The zero-order valence-corrected chi connectivity index (χ0v) is 12.3. The van der Waals surface area contributed by atoms with Gasteiger partial charge in [-0.2, -0.15) is 0 Å². The fourth-order valence-corrected chi connectivity index (χ4v) is 2.12. The number of hydrogen-bond acceptors (Lipinski definition) is 5. The minimum absolute atomic E-state index is 0.157. The Morgan fingerprint density at radius 1 is 1.22 bits per heavy atom. The van der Waals surface area contributed by atoms with E-state index in [2.05, 4.69) is 15.6 Å². The average molecular weight is 316 g/mol. The SMILES string of the molecule is O=C(NCCCn1ccnc1)C(=O)Nc1ccc2c(c1)OCO2. The van der Waals surface area contributed by atoms with Gasteiger partial charge in [0.2, 0.25) is 6.79 Å². The first-order valence-corrected chi connectivity index (χ1v) is 7.17. The van der Waals surface area contributed by atoms with Gasteiger partial charge in [0.05, 0.1) is 6.33 Å². The molecule has 1 aromatic heterocycles. The van der Waals surface area contributed by atoms with Crippen molar-refractivity contribution in [3.05, 3.63) is 36.9 Å². The van der Waals surface area contributed by atoms with Gasteiger partial charge in [0, 0.05) is 37.2 Å². The Labute approximate surface area is 132 Å². The van der Waals surface area contributed by atoms with Crippen molar-refractivity contribution in [3.8, 4) is 11.5 Å². The summed E-state index contributed by atoms with van der Waals surface area (Å²) in [6, 6.07) is 4.95. The summed E-state index contributed by atoms with van der Waals surface area (Å²) >= 11 is 0. The van der Waals surface area contributed by atoms with Gasteiger partial charge in [0.25, 0.3) is 0 Å². The van der Waals surface area contributed by atoms with Crippen molar-refractivity contribution in [1.29, 1.82) is 0 Å². The van der Waals surface area contributed by atoms with E-state index in [-0.39, 0.29) is 6.79 Å². The Balaban J connectivity index is 1.43. The second-order valence-electron chi connectivity index (χ2n) is 4.93. The smallest absolute Gasteiger partial charge is 0.313 e. The van der Waals surface area contributed by atoms with Crippen LogP contribution >= 0.6 is 0 Å². The van der Waals surface area contributed by atoms with E-state index in [1.807, 2.05) is 10.8 Å². The van der Waals surface area contributed by atoms with Gasteiger partial charge in [-0.05, 0) is 18.6 Å². The van der Waals surface area contributed by atoms with Crippen LogP contribution in [0.3, 0.4) is 0 Å². The van der Waals surface area contributed by atoms with Crippen molar-refractivity contribution in [2.24, 2.45) is 0 Å². The molecule has 2 amide bonds. The summed E-state index contributed by atoms with van der Waals surface area (Å²) in [5, 5.41) is 5.10. The molecule has 0 aliphatic carbocycles. The molecule has 0 saturated carbocycles. The zero-order valence-electron chi connectivity index (χ0n) is 12.3. The molecular formula is C15H16N4O4. The number of nitrogens with zero attached hydrogens (tertiary/aromatic N) is 2. The topological polar surface area (TPSA) is 94.5 Å². The quantitative estimate of drug-likeness (QED) is 0.627. The molecule has 0 fully saturated rings. The summed E-state index contributed by atoms with van der Waals surface area (Å²) in [6.07, 6.45) is 5.94. The highest BCUT2D eigenvalue weighted by Crippen LogP contribution is 2.34. The maximum absolute atomic E-state index is 11.8. The summed E-state index contributed by atoms with van der Waals surface area (Å²) < 4.78 is 12.3. The van der Waals surface area contributed by atoms with Crippen molar-refractivity contribution in [2.45, 2.75) is 13.0 Å². The van der Waals surface area contributed by atoms with Gasteiger partial charge >= 0.3 is 11.8 Å². The normalized spacial score (nSPS) is 12.0. The number of carbonyl (C=O) groups is 2. The minimum Gasteiger partial charge on any atom is -0.454 e. The Hall–Kier alpha value is -3.03. The second kappa shape index (κ2) is 6.82. The number of hydrogen-bond donors (Lipinski definition) is 2. The van der Waals surface area contributed by atoms with Crippen LogP contribution in [0.25, 0.3) is 0 Å². The number of aryl methyl sites for hydroxylation is 1. The highest BCUT2D eigenvalue weighted by Gasteiger charge is 2.17. The molecule has 8 nitrogen and oxygen atoms in total. The number of fused-ring (bicyclic) bond motifs is 1. The lowest BCUT2D eigenvalue weighted by molar-refractivity contribution is -0.136. The fraction of sp³-hybridized carbons (Fsp3) is 0.267. The molecule has 0 spiro atoms. The Kier molecular flexibility index (Phi) is 4.41. The maximum atomic E-state index is 11.8. The summed E-state index contributed by atoms with van der Waals surface area (Å²) in [7, 11) is 0. The molecule has 1 aliphatic heterocycles. The lowest BCUT2D eigenvalue weighted by Crippen LogP contribution is -2.36. The van der Waals surface area contributed by atoms with Crippen LogP contribution in [0.15, 0.2) is 36.9 Å². The standard InChI is InChI=1S/C15H16N4O4/c20-14(17-4-1-6-19-7-5-16-9-19)15(21)18-11-2-3-12-13(8-11)23-10-22-12/h2-3,5,7-9H,1,4,6,10H2,(H,17,20)(H,18,21).